The summed E-state index contributed by atoms with van der Waals surface area (Å²) in [7, 11) is 1.70. The molecule has 114 valence electrons. The summed E-state index contributed by atoms with van der Waals surface area (Å²) in [5.41, 5.74) is 1.20. The highest BCUT2D eigenvalue weighted by molar-refractivity contribution is 5.43. The lowest BCUT2D eigenvalue weighted by atomic mass is 10.2. The molecule has 0 radical (unpaired) electrons. The predicted octanol–water partition coefficient (Wildman–Crippen LogP) is 3.00. The number of ether oxygens (including phenoxy) is 3. The Morgan fingerprint density at radius 3 is 2.55 bits per heavy atom. The fraction of sp³-hybridized carbons (Fsp3) is 0.625. The Kier molecular flexibility index (Phi) is 8.07. The summed E-state index contributed by atoms with van der Waals surface area (Å²) in [4.78, 5) is 0. The second-order valence-electron chi connectivity index (χ2n) is 4.94. The van der Waals surface area contributed by atoms with E-state index in [0.29, 0.717) is 25.9 Å². The average molecular weight is 281 g/mol. The molecule has 0 atom stereocenters. The van der Waals surface area contributed by atoms with Crippen LogP contribution in [-0.2, 0) is 11.3 Å². The molecule has 0 unspecified atom stereocenters. The molecule has 1 aromatic rings. The van der Waals surface area contributed by atoms with Crippen molar-refractivity contribution in [3.8, 4) is 11.5 Å². The molecule has 1 N–H and O–H groups in total. The smallest absolute Gasteiger partial charge is 0.161 e. The van der Waals surface area contributed by atoms with Crippen molar-refractivity contribution in [3.63, 3.8) is 0 Å². The standard InChI is InChI=1S/C16H27NO3/c1-5-19-16-11-14(12-17-13(2)3)7-8-15(16)20-10-6-9-18-4/h7-8,11,13,17H,5-6,9-10,12H2,1-4H3. The molecule has 20 heavy (non-hydrogen) atoms. The first-order valence-corrected chi connectivity index (χ1v) is 7.28. The molecule has 0 aliphatic heterocycles. The zero-order valence-corrected chi connectivity index (χ0v) is 13.1. The highest BCUT2D eigenvalue weighted by Crippen LogP contribution is 2.28. The number of hydrogen-bond acceptors (Lipinski definition) is 4. The van der Waals surface area contributed by atoms with Gasteiger partial charge in [0.1, 0.15) is 0 Å². The van der Waals surface area contributed by atoms with Gasteiger partial charge in [-0.05, 0) is 24.6 Å². The van der Waals surface area contributed by atoms with Crippen LogP contribution in [-0.4, -0.2) is 33.0 Å². The summed E-state index contributed by atoms with van der Waals surface area (Å²) >= 11 is 0. The SMILES string of the molecule is CCOc1cc(CNC(C)C)ccc1OCCCOC. The minimum absolute atomic E-state index is 0.468. The van der Waals surface area contributed by atoms with E-state index in [-0.39, 0.29) is 0 Å². The molecule has 4 nitrogen and oxygen atoms in total. The van der Waals surface area contributed by atoms with Crippen molar-refractivity contribution in [1.29, 1.82) is 0 Å². The van der Waals surface area contributed by atoms with E-state index >= 15 is 0 Å². The van der Waals surface area contributed by atoms with Crippen LogP contribution < -0.4 is 14.8 Å². The van der Waals surface area contributed by atoms with Gasteiger partial charge in [-0.1, -0.05) is 19.9 Å². The van der Waals surface area contributed by atoms with Crippen LogP contribution in [0.2, 0.25) is 0 Å². The summed E-state index contributed by atoms with van der Waals surface area (Å²) in [6.45, 7) is 9.07. The van der Waals surface area contributed by atoms with Crippen LogP contribution in [0.25, 0.3) is 0 Å². The lowest BCUT2D eigenvalue weighted by Gasteiger charge is -2.14. The van der Waals surface area contributed by atoms with Gasteiger partial charge < -0.3 is 19.5 Å². The van der Waals surface area contributed by atoms with E-state index in [1.54, 1.807) is 7.11 Å². The van der Waals surface area contributed by atoms with Crippen molar-refractivity contribution < 1.29 is 14.2 Å². The molecule has 0 aliphatic carbocycles. The molecule has 0 aromatic heterocycles. The molecule has 0 fully saturated rings. The van der Waals surface area contributed by atoms with E-state index in [2.05, 4.69) is 25.2 Å². The van der Waals surface area contributed by atoms with Gasteiger partial charge in [0.05, 0.1) is 13.2 Å². The van der Waals surface area contributed by atoms with Gasteiger partial charge in [0.2, 0.25) is 0 Å². The van der Waals surface area contributed by atoms with Gasteiger partial charge in [-0.25, -0.2) is 0 Å². The zero-order chi connectivity index (χ0) is 14.8. The molecule has 0 heterocycles. The quantitative estimate of drug-likeness (QED) is 0.669. The topological polar surface area (TPSA) is 39.7 Å². The van der Waals surface area contributed by atoms with E-state index in [9.17, 15) is 0 Å². The van der Waals surface area contributed by atoms with E-state index < -0.39 is 0 Å². The van der Waals surface area contributed by atoms with Crippen molar-refractivity contribution in [2.75, 3.05) is 26.9 Å². The van der Waals surface area contributed by atoms with Crippen LogP contribution in [0.4, 0.5) is 0 Å². The largest absolute Gasteiger partial charge is 0.490 e. The first kappa shape index (κ1) is 16.8. The molecular weight excluding hydrogens is 254 g/mol. The third kappa shape index (κ3) is 6.26. The minimum atomic E-state index is 0.468. The van der Waals surface area contributed by atoms with E-state index in [4.69, 9.17) is 14.2 Å². The zero-order valence-electron chi connectivity index (χ0n) is 13.1. The van der Waals surface area contributed by atoms with Gasteiger partial charge in [-0.3, -0.25) is 0 Å². The van der Waals surface area contributed by atoms with E-state index in [0.717, 1.165) is 24.5 Å². The van der Waals surface area contributed by atoms with Crippen molar-refractivity contribution in [3.05, 3.63) is 23.8 Å². The molecule has 1 rings (SSSR count). The molecule has 0 aliphatic rings. The van der Waals surface area contributed by atoms with Crippen molar-refractivity contribution in [1.82, 2.24) is 5.32 Å². The normalized spacial score (nSPS) is 10.8. The fourth-order valence-electron chi connectivity index (χ4n) is 1.76. The van der Waals surface area contributed by atoms with Crippen LogP contribution in [0.1, 0.15) is 32.8 Å². The summed E-state index contributed by atoms with van der Waals surface area (Å²) in [6.07, 6.45) is 0.874. The van der Waals surface area contributed by atoms with Crippen LogP contribution in [0, 0.1) is 0 Å². The van der Waals surface area contributed by atoms with Gasteiger partial charge in [0, 0.05) is 32.7 Å². The second kappa shape index (κ2) is 9.61. The lowest BCUT2D eigenvalue weighted by Crippen LogP contribution is -2.21. The van der Waals surface area contributed by atoms with Crippen molar-refractivity contribution in [2.24, 2.45) is 0 Å². The Balaban J connectivity index is 2.63. The van der Waals surface area contributed by atoms with Crippen molar-refractivity contribution >= 4 is 0 Å². The Labute approximate surface area is 122 Å². The van der Waals surface area contributed by atoms with Gasteiger partial charge >= 0.3 is 0 Å². The lowest BCUT2D eigenvalue weighted by molar-refractivity contribution is 0.170. The van der Waals surface area contributed by atoms with Crippen LogP contribution in [0.15, 0.2) is 18.2 Å². The van der Waals surface area contributed by atoms with Gasteiger partial charge in [0.15, 0.2) is 11.5 Å². The molecule has 0 bridgehead atoms. The maximum absolute atomic E-state index is 5.75. The Hall–Kier alpha value is -1.26. The molecule has 0 amide bonds. The monoisotopic (exact) mass is 281 g/mol. The minimum Gasteiger partial charge on any atom is -0.490 e. The Bertz CT molecular complexity index is 380. The molecular formula is C16H27NO3. The average Bonchev–Trinajstić information content (AvgIpc) is 2.43. The number of methoxy groups -OCH3 is 1. The summed E-state index contributed by atoms with van der Waals surface area (Å²) in [5.74, 6) is 1.62. The second-order valence-corrected chi connectivity index (χ2v) is 4.94. The first-order chi connectivity index (χ1) is 9.67. The van der Waals surface area contributed by atoms with Crippen LogP contribution in [0.3, 0.4) is 0 Å². The molecule has 0 saturated carbocycles. The summed E-state index contributed by atoms with van der Waals surface area (Å²) in [5, 5.41) is 3.40. The Morgan fingerprint density at radius 1 is 1.10 bits per heavy atom. The number of benzene rings is 1. The maximum atomic E-state index is 5.75. The molecule has 0 saturated heterocycles. The summed E-state index contributed by atoms with van der Waals surface area (Å²) in [6, 6.07) is 6.57. The van der Waals surface area contributed by atoms with Gasteiger partial charge in [0.25, 0.3) is 0 Å². The molecule has 4 heteroatoms. The van der Waals surface area contributed by atoms with Gasteiger partial charge in [-0.2, -0.15) is 0 Å². The van der Waals surface area contributed by atoms with Crippen molar-refractivity contribution in [2.45, 2.75) is 39.8 Å². The predicted molar refractivity (Wildman–Crippen MR) is 81.6 cm³/mol. The van der Waals surface area contributed by atoms with Crippen LogP contribution in [0.5, 0.6) is 11.5 Å². The van der Waals surface area contributed by atoms with Gasteiger partial charge in [-0.15, -0.1) is 0 Å². The third-order valence-electron chi connectivity index (χ3n) is 2.77. The molecule has 1 aromatic carbocycles. The highest BCUT2D eigenvalue weighted by Gasteiger charge is 2.07. The third-order valence-corrected chi connectivity index (χ3v) is 2.77. The number of nitrogens with one attached hydrogen (secondary N) is 1. The van der Waals surface area contributed by atoms with E-state index in [1.165, 1.54) is 5.56 Å². The van der Waals surface area contributed by atoms with E-state index in [1.807, 2.05) is 19.1 Å². The fourth-order valence-corrected chi connectivity index (χ4v) is 1.76. The Morgan fingerprint density at radius 2 is 1.90 bits per heavy atom. The number of hydrogen-bond donors (Lipinski definition) is 1. The maximum Gasteiger partial charge on any atom is 0.161 e. The first-order valence-electron chi connectivity index (χ1n) is 7.28. The molecule has 0 spiro atoms. The van der Waals surface area contributed by atoms with Crippen LogP contribution >= 0.6 is 0 Å². The highest BCUT2D eigenvalue weighted by atomic mass is 16.5. The number of rotatable bonds is 10. The summed E-state index contributed by atoms with van der Waals surface area (Å²) < 4.78 is 16.4.